The van der Waals surface area contributed by atoms with Crippen molar-refractivity contribution in [2.45, 2.75) is 51.7 Å². The van der Waals surface area contributed by atoms with Crippen LogP contribution in [0, 0.1) is 17.3 Å². The molecule has 3 atom stereocenters. The van der Waals surface area contributed by atoms with Crippen LogP contribution in [-0.4, -0.2) is 26.3 Å². The Morgan fingerprint density at radius 1 is 1.18 bits per heavy atom. The Morgan fingerprint density at radius 3 is 2.47 bits per heavy atom. The Kier molecular flexibility index (Phi) is 3.88. The second-order valence-corrected chi connectivity index (χ2v) is 5.60. The van der Waals surface area contributed by atoms with E-state index in [0.717, 1.165) is 19.3 Å². The van der Waals surface area contributed by atoms with Gasteiger partial charge in [-0.3, -0.25) is 4.79 Å². The third kappa shape index (κ3) is 1.93. The van der Waals surface area contributed by atoms with E-state index in [1.807, 2.05) is 0 Å². The van der Waals surface area contributed by atoms with Gasteiger partial charge in [-0.15, -0.1) is 0 Å². The number of hydrogen-bond donors (Lipinski definition) is 0. The zero-order chi connectivity index (χ0) is 12.5. The molecule has 0 spiro atoms. The quantitative estimate of drug-likeness (QED) is 0.709. The second kappa shape index (κ2) is 5.07. The normalized spacial score (nSPS) is 37.2. The van der Waals surface area contributed by atoms with E-state index >= 15 is 0 Å². The second-order valence-electron chi connectivity index (χ2n) is 5.60. The molecule has 0 amide bonds. The Bertz CT molecular complexity index is 285. The van der Waals surface area contributed by atoms with Gasteiger partial charge in [-0.2, -0.15) is 0 Å². The highest BCUT2D eigenvalue weighted by atomic mass is 16.7. The van der Waals surface area contributed by atoms with Gasteiger partial charge in [0.05, 0.1) is 0 Å². The largest absolute Gasteiger partial charge is 0.355 e. The van der Waals surface area contributed by atoms with Gasteiger partial charge in [-0.05, 0) is 38.5 Å². The summed E-state index contributed by atoms with van der Waals surface area (Å²) in [6, 6.07) is 0. The van der Waals surface area contributed by atoms with E-state index in [1.165, 1.54) is 19.3 Å². The summed E-state index contributed by atoms with van der Waals surface area (Å²) in [6.07, 6.45) is 6.75. The van der Waals surface area contributed by atoms with Crippen molar-refractivity contribution in [3.05, 3.63) is 0 Å². The van der Waals surface area contributed by atoms with Crippen molar-refractivity contribution >= 4 is 5.78 Å². The number of hydrogen-bond acceptors (Lipinski definition) is 3. The van der Waals surface area contributed by atoms with Crippen LogP contribution in [0.2, 0.25) is 0 Å². The molecule has 0 aromatic heterocycles. The molecule has 2 rings (SSSR count). The highest BCUT2D eigenvalue weighted by molar-refractivity contribution is 5.79. The molecule has 3 nitrogen and oxygen atoms in total. The van der Waals surface area contributed by atoms with Gasteiger partial charge in [0.2, 0.25) is 0 Å². The summed E-state index contributed by atoms with van der Waals surface area (Å²) in [5.74, 6) is 1.06. The third-order valence-corrected chi connectivity index (χ3v) is 4.98. The predicted octanol–water partition coefficient (Wildman–Crippen LogP) is 2.78. The van der Waals surface area contributed by atoms with Crippen molar-refractivity contribution in [3.8, 4) is 0 Å². The van der Waals surface area contributed by atoms with E-state index in [0.29, 0.717) is 11.7 Å². The summed E-state index contributed by atoms with van der Waals surface area (Å²) < 4.78 is 11.1. The number of methoxy groups -OCH3 is 2. The van der Waals surface area contributed by atoms with Gasteiger partial charge in [0.1, 0.15) is 5.78 Å². The average molecular weight is 240 g/mol. The maximum atomic E-state index is 11.9. The molecule has 0 aromatic carbocycles. The van der Waals surface area contributed by atoms with Crippen LogP contribution in [0.4, 0.5) is 0 Å². The minimum Gasteiger partial charge on any atom is -0.355 e. The fraction of sp³-hybridized carbons (Fsp3) is 0.929. The van der Waals surface area contributed by atoms with Gasteiger partial charge >= 0.3 is 0 Å². The lowest BCUT2D eigenvalue weighted by atomic mass is 9.62. The van der Waals surface area contributed by atoms with Crippen molar-refractivity contribution < 1.29 is 14.3 Å². The standard InChI is InChI=1S/C14H24O3/c1-10(15)12-8-7-11-6-4-5-9-14(11,12)13(16-2)17-3/h11-13H,4-9H2,1-3H3/t11-,12?,14+/m1/s1. The maximum absolute atomic E-state index is 11.9. The maximum Gasteiger partial charge on any atom is 0.163 e. The van der Waals surface area contributed by atoms with Crippen LogP contribution in [0.5, 0.6) is 0 Å². The van der Waals surface area contributed by atoms with Crippen LogP contribution in [0.25, 0.3) is 0 Å². The first kappa shape index (κ1) is 13.0. The minimum absolute atomic E-state index is 0.0480. The van der Waals surface area contributed by atoms with E-state index in [1.54, 1.807) is 21.1 Å². The van der Waals surface area contributed by atoms with E-state index in [2.05, 4.69) is 0 Å². The van der Waals surface area contributed by atoms with Crippen LogP contribution in [0.15, 0.2) is 0 Å². The average Bonchev–Trinajstić information content (AvgIpc) is 2.70. The molecule has 2 aliphatic rings. The summed E-state index contributed by atoms with van der Waals surface area (Å²) >= 11 is 0. The van der Waals surface area contributed by atoms with Crippen molar-refractivity contribution in [2.24, 2.45) is 17.3 Å². The first-order valence-corrected chi connectivity index (χ1v) is 6.73. The Balaban J connectivity index is 2.34. The Labute approximate surface area is 104 Å². The molecule has 17 heavy (non-hydrogen) atoms. The molecule has 0 aromatic rings. The number of ether oxygens (including phenoxy) is 2. The fourth-order valence-corrected chi connectivity index (χ4v) is 4.39. The summed E-state index contributed by atoms with van der Waals surface area (Å²) in [6.45, 7) is 1.73. The van der Waals surface area contributed by atoms with Gasteiger partial charge < -0.3 is 9.47 Å². The number of carbonyl (C=O) groups is 1. The summed E-state index contributed by atoms with van der Waals surface area (Å²) in [5.41, 5.74) is -0.0480. The molecule has 0 bridgehead atoms. The molecule has 2 saturated carbocycles. The highest BCUT2D eigenvalue weighted by Crippen LogP contribution is 2.58. The zero-order valence-electron chi connectivity index (χ0n) is 11.2. The summed E-state index contributed by atoms with van der Waals surface area (Å²) in [4.78, 5) is 11.9. The van der Waals surface area contributed by atoms with Crippen molar-refractivity contribution in [1.29, 1.82) is 0 Å². The van der Waals surface area contributed by atoms with E-state index < -0.39 is 0 Å². The third-order valence-electron chi connectivity index (χ3n) is 4.98. The molecule has 0 radical (unpaired) electrons. The molecular weight excluding hydrogens is 216 g/mol. The van der Waals surface area contributed by atoms with E-state index in [-0.39, 0.29) is 17.6 Å². The smallest absolute Gasteiger partial charge is 0.163 e. The summed E-state index contributed by atoms with van der Waals surface area (Å²) in [5, 5.41) is 0. The molecule has 1 unspecified atom stereocenters. The summed E-state index contributed by atoms with van der Waals surface area (Å²) in [7, 11) is 3.40. The fourth-order valence-electron chi connectivity index (χ4n) is 4.39. The number of fused-ring (bicyclic) bond motifs is 1. The first-order chi connectivity index (χ1) is 8.16. The van der Waals surface area contributed by atoms with Crippen LogP contribution < -0.4 is 0 Å². The number of rotatable bonds is 4. The monoisotopic (exact) mass is 240 g/mol. The number of ketones is 1. The molecule has 3 heteroatoms. The Morgan fingerprint density at radius 2 is 1.88 bits per heavy atom. The molecule has 0 saturated heterocycles. The van der Waals surface area contributed by atoms with Crippen LogP contribution in [-0.2, 0) is 14.3 Å². The molecule has 98 valence electrons. The highest BCUT2D eigenvalue weighted by Gasteiger charge is 2.57. The zero-order valence-corrected chi connectivity index (χ0v) is 11.2. The number of carbonyl (C=O) groups excluding carboxylic acids is 1. The lowest BCUT2D eigenvalue weighted by Crippen LogP contribution is -2.49. The molecule has 2 aliphatic carbocycles. The SMILES string of the molecule is COC(OC)[C@@]12CCCC[C@@H]1CCC2C(C)=O. The van der Waals surface area contributed by atoms with Crippen molar-refractivity contribution in [1.82, 2.24) is 0 Å². The molecule has 0 N–H and O–H groups in total. The van der Waals surface area contributed by atoms with Gasteiger partial charge in [0.15, 0.2) is 6.29 Å². The van der Waals surface area contributed by atoms with Gasteiger partial charge in [-0.1, -0.05) is 12.8 Å². The van der Waals surface area contributed by atoms with E-state index in [4.69, 9.17) is 9.47 Å². The molecule has 0 aliphatic heterocycles. The first-order valence-electron chi connectivity index (χ1n) is 6.73. The minimum atomic E-state index is -0.218. The van der Waals surface area contributed by atoms with Crippen molar-refractivity contribution in [2.75, 3.05) is 14.2 Å². The van der Waals surface area contributed by atoms with Gasteiger partial charge in [0.25, 0.3) is 0 Å². The van der Waals surface area contributed by atoms with Crippen molar-refractivity contribution in [3.63, 3.8) is 0 Å². The lowest BCUT2D eigenvalue weighted by molar-refractivity contribution is -0.213. The van der Waals surface area contributed by atoms with Gasteiger partial charge in [-0.25, -0.2) is 0 Å². The van der Waals surface area contributed by atoms with Crippen LogP contribution >= 0.6 is 0 Å². The number of Topliss-reactive ketones (excluding diaryl/α,β-unsaturated/α-hetero) is 1. The van der Waals surface area contributed by atoms with E-state index in [9.17, 15) is 4.79 Å². The topological polar surface area (TPSA) is 35.5 Å². The lowest BCUT2D eigenvalue weighted by Gasteiger charge is -2.46. The van der Waals surface area contributed by atoms with Crippen LogP contribution in [0.1, 0.15) is 45.4 Å². The Hall–Kier alpha value is -0.410. The predicted molar refractivity (Wildman–Crippen MR) is 65.6 cm³/mol. The van der Waals surface area contributed by atoms with Gasteiger partial charge in [0, 0.05) is 25.6 Å². The molecule has 0 heterocycles. The van der Waals surface area contributed by atoms with Crippen LogP contribution in [0.3, 0.4) is 0 Å². The molecular formula is C14H24O3. The molecule has 2 fully saturated rings.